The summed E-state index contributed by atoms with van der Waals surface area (Å²) >= 11 is 0. The van der Waals surface area contributed by atoms with Gasteiger partial charge in [-0.1, -0.05) is 24.3 Å². The molecule has 2 aliphatic heterocycles. The number of halogens is 3. The standard InChI is InChI=1S/C24H27F3N2O2S/c25-24(26,27)21-3-1-2-4-22(21)32(30,31)29-15-12-23(13-16-29)11-14-28(17-23)20-9-7-19(8-10-20)18-5-6-18/h1-4,7-10,18H,5-6,11-17H2. The lowest BCUT2D eigenvalue weighted by molar-refractivity contribution is -0.139. The summed E-state index contributed by atoms with van der Waals surface area (Å²) in [6.07, 6.45) is 0.151. The molecule has 32 heavy (non-hydrogen) atoms. The number of hydrogen-bond donors (Lipinski definition) is 0. The molecule has 4 nitrogen and oxygen atoms in total. The summed E-state index contributed by atoms with van der Waals surface area (Å²) in [6, 6.07) is 13.2. The van der Waals surface area contributed by atoms with Crippen molar-refractivity contribution in [1.29, 1.82) is 0 Å². The molecule has 2 aromatic rings. The van der Waals surface area contributed by atoms with Gasteiger partial charge < -0.3 is 4.90 Å². The lowest BCUT2D eigenvalue weighted by Crippen LogP contribution is -2.44. The number of piperidine rings is 1. The first-order valence-electron chi connectivity index (χ1n) is 11.2. The van der Waals surface area contributed by atoms with E-state index in [0.717, 1.165) is 37.6 Å². The summed E-state index contributed by atoms with van der Waals surface area (Å²) < 4.78 is 67.5. The monoisotopic (exact) mass is 464 g/mol. The highest BCUT2D eigenvalue weighted by atomic mass is 32.2. The summed E-state index contributed by atoms with van der Waals surface area (Å²) in [5.74, 6) is 0.725. The van der Waals surface area contributed by atoms with Gasteiger partial charge in [0, 0.05) is 31.9 Å². The second-order valence-electron chi connectivity index (χ2n) is 9.44. The van der Waals surface area contributed by atoms with E-state index < -0.39 is 26.7 Å². The van der Waals surface area contributed by atoms with Gasteiger partial charge in [-0.15, -0.1) is 0 Å². The van der Waals surface area contributed by atoms with Crippen molar-refractivity contribution >= 4 is 15.7 Å². The lowest BCUT2D eigenvalue weighted by Gasteiger charge is -2.39. The minimum atomic E-state index is -4.71. The molecule has 0 N–H and O–H groups in total. The molecule has 0 radical (unpaired) electrons. The molecule has 0 amide bonds. The summed E-state index contributed by atoms with van der Waals surface area (Å²) in [7, 11) is -4.20. The molecule has 2 heterocycles. The van der Waals surface area contributed by atoms with Gasteiger partial charge in [0.2, 0.25) is 10.0 Å². The SMILES string of the molecule is O=S(=O)(c1ccccc1C(F)(F)F)N1CCC2(CCN(c3ccc(C4CC4)cc3)C2)CC1. The van der Waals surface area contributed by atoms with Gasteiger partial charge in [-0.25, -0.2) is 8.42 Å². The molecule has 0 atom stereocenters. The van der Waals surface area contributed by atoms with Crippen LogP contribution in [-0.4, -0.2) is 38.9 Å². The Hall–Kier alpha value is -2.06. The second kappa shape index (κ2) is 7.76. The van der Waals surface area contributed by atoms with Crippen LogP contribution in [-0.2, 0) is 16.2 Å². The van der Waals surface area contributed by atoms with Gasteiger partial charge in [-0.2, -0.15) is 17.5 Å². The normalized spacial score (nSPS) is 21.9. The first-order chi connectivity index (χ1) is 15.2. The van der Waals surface area contributed by atoms with Crippen molar-refractivity contribution in [1.82, 2.24) is 4.31 Å². The van der Waals surface area contributed by atoms with Gasteiger partial charge in [0.25, 0.3) is 0 Å². The molecule has 0 bridgehead atoms. The Morgan fingerprint density at radius 1 is 0.875 bits per heavy atom. The van der Waals surface area contributed by atoms with Crippen molar-refractivity contribution in [2.45, 2.75) is 49.1 Å². The van der Waals surface area contributed by atoms with Crippen LogP contribution in [0.15, 0.2) is 53.4 Å². The smallest absolute Gasteiger partial charge is 0.371 e. The summed E-state index contributed by atoms with van der Waals surface area (Å²) in [6.45, 7) is 2.29. The van der Waals surface area contributed by atoms with Gasteiger partial charge in [0.05, 0.1) is 10.5 Å². The molecule has 2 aromatic carbocycles. The number of nitrogens with zero attached hydrogens (tertiary/aromatic N) is 2. The molecule has 1 saturated carbocycles. The van der Waals surface area contributed by atoms with E-state index in [0.29, 0.717) is 12.8 Å². The zero-order chi connectivity index (χ0) is 22.6. The van der Waals surface area contributed by atoms with Crippen molar-refractivity contribution in [3.63, 3.8) is 0 Å². The van der Waals surface area contributed by atoms with Gasteiger partial charge in [-0.05, 0) is 73.3 Å². The molecule has 172 valence electrons. The van der Waals surface area contributed by atoms with Crippen molar-refractivity contribution in [2.24, 2.45) is 5.41 Å². The van der Waals surface area contributed by atoms with E-state index in [-0.39, 0.29) is 18.5 Å². The zero-order valence-electron chi connectivity index (χ0n) is 17.8. The van der Waals surface area contributed by atoms with E-state index in [1.54, 1.807) is 0 Å². The Bertz CT molecular complexity index is 1090. The van der Waals surface area contributed by atoms with Crippen molar-refractivity contribution in [2.75, 3.05) is 31.1 Å². The first-order valence-corrected chi connectivity index (χ1v) is 12.6. The third-order valence-corrected chi connectivity index (χ3v) is 9.30. The van der Waals surface area contributed by atoms with Gasteiger partial charge in [0.15, 0.2) is 0 Å². The number of rotatable bonds is 4. The Kier molecular flexibility index (Phi) is 5.28. The van der Waals surface area contributed by atoms with Crippen LogP contribution in [0, 0.1) is 5.41 Å². The molecule has 0 unspecified atom stereocenters. The van der Waals surface area contributed by atoms with Crippen LogP contribution in [0.25, 0.3) is 0 Å². The molecule has 1 aliphatic carbocycles. The molecular weight excluding hydrogens is 437 g/mol. The molecular formula is C24H27F3N2O2S. The summed E-state index contributed by atoms with van der Waals surface area (Å²) in [4.78, 5) is 1.71. The minimum absolute atomic E-state index is 0.0186. The Morgan fingerprint density at radius 3 is 2.12 bits per heavy atom. The predicted molar refractivity (Wildman–Crippen MR) is 117 cm³/mol. The van der Waals surface area contributed by atoms with Gasteiger partial charge in [0.1, 0.15) is 0 Å². The highest BCUT2D eigenvalue weighted by molar-refractivity contribution is 7.89. The van der Waals surface area contributed by atoms with E-state index in [4.69, 9.17) is 0 Å². The van der Waals surface area contributed by atoms with Crippen molar-refractivity contribution in [3.05, 3.63) is 59.7 Å². The largest absolute Gasteiger partial charge is 0.417 e. The third kappa shape index (κ3) is 4.03. The average Bonchev–Trinajstić information content (AvgIpc) is 3.55. The number of hydrogen-bond acceptors (Lipinski definition) is 3. The number of anilines is 1. The van der Waals surface area contributed by atoms with E-state index in [2.05, 4.69) is 29.2 Å². The lowest BCUT2D eigenvalue weighted by atomic mass is 9.78. The summed E-state index contributed by atoms with van der Waals surface area (Å²) in [5.41, 5.74) is 1.52. The third-order valence-electron chi connectivity index (χ3n) is 7.34. The zero-order valence-corrected chi connectivity index (χ0v) is 18.6. The van der Waals surface area contributed by atoms with Crippen LogP contribution in [0.5, 0.6) is 0 Å². The number of benzene rings is 2. The van der Waals surface area contributed by atoms with E-state index in [9.17, 15) is 21.6 Å². The van der Waals surface area contributed by atoms with Crippen molar-refractivity contribution < 1.29 is 21.6 Å². The molecule has 1 spiro atoms. The molecule has 0 aromatic heterocycles. The van der Waals surface area contributed by atoms with Gasteiger partial charge in [-0.3, -0.25) is 0 Å². The fourth-order valence-corrected chi connectivity index (χ4v) is 6.86. The minimum Gasteiger partial charge on any atom is -0.371 e. The Labute approximate surface area is 187 Å². The fourth-order valence-electron chi connectivity index (χ4n) is 5.20. The maximum Gasteiger partial charge on any atom is 0.417 e. The highest BCUT2D eigenvalue weighted by Gasteiger charge is 2.45. The van der Waals surface area contributed by atoms with E-state index in [1.165, 1.54) is 40.5 Å². The second-order valence-corrected chi connectivity index (χ2v) is 11.3. The van der Waals surface area contributed by atoms with E-state index in [1.807, 2.05) is 0 Å². The number of alkyl halides is 3. The predicted octanol–water partition coefficient (Wildman–Crippen LogP) is 5.26. The molecule has 3 fully saturated rings. The molecule has 3 aliphatic rings. The average molecular weight is 465 g/mol. The fraction of sp³-hybridized carbons (Fsp3) is 0.500. The number of sulfonamides is 1. The van der Waals surface area contributed by atoms with Crippen LogP contribution in [0.1, 0.15) is 49.1 Å². The molecule has 5 rings (SSSR count). The Morgan fingerprint density at radius 2 is 1.50 bits per heavy atom. The van der Waals surface area contributed by atoms with Crippen LogP contribution >= 0.6 is 0 Å². The van der Waals surface area contributed by atoms with Crippen LogP contribution in [0.2, 0.25) is 0 Å². The van der Waals surface area contributed by atoms with Gasteiger partial charge >= 0.3 is 6.18 Å². The molecule has 2 saturated heterocycles. The van der Waals surface area contributed by atoms with Crippen molar-refractivity contribution in [3.8, 4) is 0 Å². The van der Waals surface area contributed by atoms with Crippen LogP contribution in [0.3, 0.4) is 0 Å². The van der Waals surface area contributed by atoms with Crippen LogP contribution < -0.4 is 4.90 Å². The first kappa shape index (κ1) is 21.8. The molecule has 8 heteroatoms. The quantitative estimate of drug-likeness (QED) is 0.620. The van der Waals surface area contributed by atoms with Crippen LogP contribution in [0.4, 0.5) is 18.9 Å². The highest BCUT2D eigenvalue weighted by Crippen LogP contribution is 2.45. The topological polar surface area (TPSA) is 40.6 Å². The van der Waals surface area contributed by atoms with E-state index >= 15 is 0 Å². The summed E-state index contributed by atoms with van der Waals surface area (Å²) in [5, 5.41) is 0. The maximum atomic E-state index is 13.4. The maximum absolute atomic E-state index is 13.4. The Balaban J connectivity index is 1.27.